The first-order chi connectivity index (χ1) is 19.5. The predicted molar refractivity (Wildman–Crippen MR) is 134 cm³/mol. The molecular weight excluding hydrogens is 563 g/mol. The largest absolute Gasteiger partial charge is 0.432 e. The molecule has 0 aromatic heterocycles. The van der Waals surface area contributed by atoms with Crippen molar-refractivity contribution in [3.63, 3.8) is 0 Å². The maximum absolute atomic E-state index is 15.1. The number of allylic oxidation sites excluding steroid dienone is 2. The molecule has 0 spiro atoms. The molecule has 0 radical (unpaired) electrons. The lowest BCUT2D eigenvalue weighted by atomic mass is 9.78. The maximum Gasteiger partial charge on any atom is 0.432 e. The zero-order chi connectivity index (χ0) is 29.7. The molecule has 41 heavy (non-hydrogen) atoms. The lowest BCUT2D eigenvalue weighted by molar-refractivity contribution is -0.189. The fourth-order valence-corrected chi connectivity index (χ4v) is 4.96. The summed E-state index contributed by atoms with van der Waals surface area (Å²) in [5.74, 6) is -7.21. The highest BCUT2D eigenvalue weighted by atomic mass is 19.3. The Kier molecular flexibility index (Phi) is 9.55. The van der Waals surface area contributed by atoms with Crippen molar-refractivity contribution in [2.24, 2.45) is 5.92 Å². The van der Waals surface area contributed by atoms with Crippen LogP contribution < -0.4 is 9.47 Å². The fraction of sp³-hybridized carbons (Fsp3) is 0.333. The van der Waals surface area contributed by atoms with E-state index in [4.69, 9.17) is 0 Å². The van der Waals surface area contributed by atoms with Gasteiger partial charge in [0.2, 0.25) is 0 Å². The second-order valence-electron chi connectivity index (χ2n) is 9.66. The number of rotatable bonds is 10. The third-order valence-corrected chi connectivity index (χ3v) is 6.93. The molecule has 0 atom stereocenters. The molecule has 1 saturated carbocycles. The van der Waals surface area contributed by atoms with Gasteiger partial charge >= 0.3 is 12.7 Å². The van der Waals surface area contributed by atoms with Gasteiger partial charge in [-0.15, -0.1) is 0 Å². The van der Waals surface area contributed by atoms with Gasteiger partial charge in [0, 0.05) is 11.6 Å². The Hall–Kier alpha value is -3.63. The lowest BCUT2D eigenvalue weighted by Crippen LogP contribution is -2.25. The molecule has 220 valence electrons. The average molecular weight is 589 g/mol. The zero-order valence-corrected chi connectivity index (χ0v) is 21.5. The van der Waals surface area contributed by atoms with Crippen LogP contribution in [0, 0.1) is 29.2 Å². The van der Waals surface area contributed by atoms with Crippen molar-refractivity contribution in [2.45, 2.75) is 50.7 Å². The summed E-state index contributed by atoms with van der Waals surface area (Å²) >= 11 is 0. The van der Waals surface area contributed by atoms with Crippen molar-refractivity contribution in [3.8, 4) is 22.6 Å². The minimum atomic E-state index is -4.65. The van der Waals surface area contributed by atoms with E-state index in [0.29, 0.717) is 48.2 Å². The van der Waals surface area contributed by atoms with Gasteiger partial charge in [0.15, 0.2) is 11.6 Å². The Morgan fingerprint density at radius 3 is 2.10 bits per heavy atom. The predicted octanol–water partition coefficient (Wildman–Crippen LogP) is 9.83. The van der Waals surface area contributed by atoms with Crippen LogP contribution in [0.3, 0.4) is 0 Å². The summed E-state index contributed by atoms with van der Waals surface area (Å²) in [6, 6.07) is 6.82. The summed E-state index contributed by atoms with van der Waals surface area (Å²) in [7, 11) is 0. The van der Waals surface area contributed by atoms with E-state index in [1.165, 1.54) is 12.1 Å². The Balaban J connectivity index is 1.50. The Labute approximate surface area is 230 Å². The van der Waals surface area contributed by atoms with E-state index in [9.17, 15) is 35.1 Å². The van der Waals surface area contributed by atoms with Crippen LogP contribution in [0.25, 0.3) is 11.1 Å². The molecule has 0 N–H and O–H groups in total. The van der Waals surface area contributed by atoms with Crippen LogP contribution in [0.2, 0.25) is 0 Å². The Bertz CT molecular complexity index is 1360. The van der Waals surface area contributed by atoms with Crippen molar-refractivity contribution in [3.05, 3.63) is 95.1 Å². The van der Waals surface area contributed by atoms with E-state index >= 15 is 4.39 Å². The maximum atomic E-state index is 15.1. The van der Waals surface area contributed by atoms with E-state index in [2.05, 4.69) is 9.47 Å². The van der Waals surface area contributed by atoms with Crippen LogP contribution in [0.1, 0.15) is 49.1 Å². The van der Waals surface area contributed by atoms with Crippen LogP contribution in [0.4, 0.5) is 39.5 Å². The van der Waals surface area contributed by atoms with Crippen molar-refractivity contribution in [1.29, 1.82) is 0 Å². The molecule has 2 nitrogen and oxygen atoms in total. The molecule has 4 rings (SSSR count). The monoisotopic (exact) mass is 588 g/mol. The van der Waals surface area contributed by atoms with Gasteiger partial charge in [0.1, 0.15) is 28.8 Å². The topological polar surface area (TPSA) is 18.5 Å². The van der Waals surface area contributed by atoms with Gasteiger partial charge < -0.3 is 9.47 Å². The smallest absolute Gasteiger partial charge is 0.432 e. The summed E-state index contributed by atoms with van der Waals surface area (Å²) in [6.45, 7) is -3.79. The minimum absolute atomic E-state index is 0.0666. The molecule has 3 aromatic rings. The second kappa shape index (κ2) is 12.9. The molecular formula is C30H25F9O2. The van der Waals surface area contributed by atoms with E-state index in [1.807, 2.05) is 12.2 Å². The Morgan fingerprint density at radius 2 is 1.51 bits per heavy atom. The molecule has 1 aliphatic carbocycles. The quantitative estimate of drug-likeness (QED) is 0.173. The van der Waals surface area contributed by atoms with E-state index in [-0.39, 0.29) is 17.0 Å². The highest BCUT2D eigenvalue weighted by molar-refractivity contribution is 5.65. The molecule has 1 fully saturated rings. The molecule has 0 amide bonds. The van der Waals surface area contributed by atoms with Gasteiger partial charge in [-0.25, -0.2) is 17.6 Å². The SMILES string of the molecule is FCCC=CC1CCC(c2ccc(-c3cc(F)c(C(F)(F)Oc4ccc(OC(F)F)c(F)c4)c(F)c3)c(F)c2)CC1. The van der Waals surface area contributed by atoms with Crippen molar-refractivity contribution < 1.29 is 49.0 Å². The van der Waals surface area contributed by atoms with Gasteiger partial charge in [-0.2, -0.15) is 17.6 Å². The lowest BCUT2D eigenvalue weighted by Gasteiger charge is -2.27. The summed E-state index contributed by atoms with van der Waals surface area (Å²) in [4.78, 5) is 0. The molecule has 1 aliphatic rings. The van der Waals surface area contributed by atoms with Crippen molar-refractivity contribution in [2.75, 3.05) is 6.67 Å². The summed E-state index contributed by atoms with van der Waals surface area (Å²) in [5, 5.41) is 0. The van der Waals surface area contributed by atoms with Crippen LogP contribution in [-0.4, -0.2) is 13.3 Å². The molecule has 0 unspecified atom stereocenters. The van der Waals surface area contributed by atoms with Gasteiger partial charge in [0.05, 0.1) is 6.67 Å². The number of hydrogen-bond acceptors (Lipinski definition) is 2. The number of halogens is 9. The van der Waals surface area contributed by atoms with E-state index < -0.39 is 59.7 Å². The summed E-state index contributed by atoms with van der Waals surface area (Å²) in [5.41, 5.74) is -1.64. The fourth-order valence-electron chi connectivity index (χ4n) is 4.96. The summed E-state index contributed by atoms with van der Waals surface area (Å²) < 4.78 is 133. The van der Waals surface area contributed by atoms with Crippen molar-refractivity contribution in [1.82, 2.24) is 0 Å². The highest BCUT2D eigenvalue weighted by Gasteiger charge is 2.41. The molecule has 3 aromatic carbocycles. The van der Waals surface area contributed by atoms with Crippen LogP contribution in [0.15, 0.2) is 60.7 Å². The minimum Gasteiger partial charge on any atom is -0.432 e. The molecule has 0 saturated heterocycles. The average Bonchev–Trinajstić information content (AvgIpc) is 2.89. The van der Waals surface area contributed by atoms with Gasteiger partial charge in [-0.1, -0.05) is 24.3 Å². The highest BCUT2D eigenvalue weighted by Crippen LogP contribution is 2.40. The van der Waals surface area contributed by atoms with Gasteiger partial charge in [-0.05, 0) is 85.4 Å². The normalized spacial score (nSPS) is 17.8. The van der Waals surface area contributed by atoms with Crippen LogP contribution in [-0.2, 0) is 6.11 Å². The van der Waals surface area contributed by atoms with E-state index in [1.54, 1.807) is 6.07 Å². The van der Waals surface area contributed by atoms with E-state index in [0.717, 1.165) is 25.7 Å². The number of alkyl halides is 5. The summed E-state index contributed by atoms with van der Waals surface area (Å²) in [6.07, 6.45) is 2.80. The van der Waals surface area contributed by atoms with Gasteiger partial charge in [0.25, 0.3) is 0 Å². The molecule has 11 heteroatoms. The molecule has 0 aliphatic heterocycles. The van der Waals surface area contributed by atoms with Crippen LogP contribution in [0.5, 0.6) is 11.5 Å². The standard InChI is InChI=1S/C30H25F9O2/c31-12-2-1-3-17-4-6-18(7-5-17)19-8-10-22(23(32)13-19)20-14-25(34)28(26(35)15-20)30(38,39)41-21-9-11-27(24(33)16-21)40-29(36)37/h1,3,8-11,13-18,29H,2,4-7,12H2. The molecule has 0 heterocycles. The van der Waals surface area contributed by atoms with Crippen LogP contribution >= 0.6 is 0 Å². The zero-order valence-electron chi connectivity index (χ0n) is 21.5. The first kappa shape index (κ1) is 30.3. The first-order valence-corrected chi connectivity index (χ1v) is 12.8. The first-order valence-electron chi connectivity index (χ1n) is 12.8. The third kappa shape index (κ3) is 7.37. The number of ether oxygens (including phenoxy) is 2. The second-order valence-corrected chi connectivity index (χ2v) is 9.66. The Morgan fingerprint density at radius 1 is 0.829 bits per heavy atom. The van der Waals surface area contributed by atoms with Gasteiger partial charge in [-0.3, -0.25) is 4.39 Å². The third-order valence-electron chi connectivity index (χ3n) is 6.93. The number of benzene rings is 3. The number of hydrogen-bond donors (Lipinski definition) is 0. The van der Waals surface area contributed by atoms with Crippen molar-refractivity contribution >= 4 is 0 Å². The molecule has 0 bridgehead atoms.